The Morgan fingerprint density at radius 3 is 1.62 bits per heavy atom. The molecule has 0 heterocycles. The third-order valence-electron chi connectivity index (χ3n) is 4.84. The van der Waals surface area contributed by atoms with Crippen LogP contribution in [-0.4, -0.2) is 11.1 Å². The molecule has 0 aliphatic rings. The Labute approximate surface area is 157 Å². The fourth-order valence-corrected chi connectivity index (χ4v) is 3.98. The van der Waals surface area contributed by atoms with Crippen LogP contribution in [0.25, 0.3) is 0 Å². The number of benzene rings is 3. The van der Waals surface area contributed by atoms with Gasteiger partial charge in [0.25, 0.3) is 0 Å². The van der Waals surface area contributed by atoms with Crippen LogP contribution in [0.1, 0.15) is 36.5 Å². The summed E-state index contributed by atoms with van der Waals surface area (Å²) in [4.78, 5) is 13.9. The Balaban J connectivity index is 2.20. The number of Topliss-reactive ketones (excluding diaryl/α,β-unsaturated/α-hetero) is 1. The van der Waals surface area contributed by atoms with E-state index in [-0.39, 0.29) is 5.78 Å². The lowest BCUT2D eigenvalue weighted by molar-refractivity contribution is -0.116. The molecule has 0 N–H and O–H groups in total. The Hall–Kier alpha value is -2.50. The standard InChI is InChI=1S/C24H23OP/c1-2-18-24(20-14-8-4-9-15-20,21-16-10-5-11-17-21)23(25)22(26)19-12-6-3-7-13-19/h3-17,26H,2,18H2,1H3. The predicted molar refractivity (Wildman–Crippen MR) is 112 cm³/mol. The minimum absolute atomic E-state index is 0.0969. The minimum Gasteiger partial charge on any atom is -0.292 e. The van der Waals surface area contributed by atoms with Gasteiger partial charge < -0.3 is 0 Å². The maximum absolute atomic E-state index is 13.9. The third-order valence-corrected chi connectivity index (χ3v) is 5.35. The Bertz CT molecular complexity index is 830. The Kier molecular flexibility index (Phi) is 5.81. The summed E-state index contributed by atoms with van der Waals surface area (Å²) in [6.45, 7) is 2.13. The second-order valence-electron chi connectivity index (χ2n) is 6.46. The molecule has 3 rings (SSSR count). The summed E-state index contributed by atoms with van der Waals surface area (Å²) in [5.41, 5.74) is 2.26. The molecule has 26 heavy (non-hydrogen) atoms. The van der Waals surface area contributed by atoms with Gasteiger partial charge in [-0.25, -0.2) is 0 Å². The van der Waals surface area contributed by atoms with E-state index in [0.717, 1.165) is 29.5 Å². The number of carbonyl (C=O) groups excluding carboxylic acids is 1. The van der Waals surface area contributed by atoms with Crippen molar-refractivity contribution >= 4 is 19.9 Å². The van der Waals surface area contributed by atoms with Crippen molar-refractivity contribution in [1.29, 1.82) is 0 Å². The van der Waals surface area contributed by atoms with E-state index in [1.807, 2.05) is 66.7 Å². The molecule has 0 aliphatic heterocycles. The minimum atomic E-state index is -0.704. The van der Waals surface area contributed by atoms with Crippen molar-refractivity contribution in [3.8, 4) is 0 Å². The highest BCUT2D eigenvalue weighted by atomic mass is 31.0. The Morgan fingerprint density at radius 2 is 1.19 bits per heavy atom. The average Bonchev–Trinajstić information content (AvgIpc) is 2.73. The van der Waals surface area contributed by atoms with Gasteiger partial charge in [-0.2, -0.15) is 0 Å². The van der Waals surface area contributed by atoms with Crippen molar-refractivity contribution in [2.75, 3.05) is 0 Å². The first-order valence-corrected chi connectivity index (χ1v) is 9.50. The molecular weight excluding hydrogens is 335 g/mol. The van der Waals surface area contributed by atoms with Crippen molar-refractivity contribution in [1.82, 2.24) is 0 Å². The van der Waals surface area contributed by atoms with Crippen molar-refractivity contribution in [3.63, 3.8) is 0 Å². The molecule has 0 amide bonds. The van der Waals surface area contributed by atoms with Gasteiger partial charge in [-0.05, 0) is 23.1 Å². The fourth-order valence-electron chi connectivity index (χ4n) is 3.60. The van der Waals surface area contributed by atoms with E-state index in [1.165, 1.54) is 0 Å². The first-order chi connectivity index (χ1) is 12.7. The molecule has 0 fully saturated rings. The predicted octanol–water partition coefficient (Wildman–Crippen LogP) is 5.71. The van der Waals surface area contributed by atoms with Crippen molar-refractivity contribution in [2.45, 2.75) is 25.2 Å². The maximum Gasteiger partial charge on any atom is 0.182 e. The second kappa shape index (κ2) is 8.25. The molecule has 1 nitrogen and oxygen atoms in total. The lowest BCUT2D eigenvalue weighted by atomic mass is 9.67. The maximum atomic E-state index is 13.9. The zero-order valence-electron chi connectivity index (χ0n) is 15.0. The van der Waals surface area contributed by atoms with E-state index < -0.39 is 5.41 Å². The first-order valence-electron chi connectivity index (χ1n) is 9.00. The zero-order valence-corrected chi connectivity index (χ0v) is 16.0. The van der Waals surface area contributed by atoms with Crippen LogP contribution < -0.4 is 0 Å². The quantitative estimate of drug-likeness (QED) is 0.495. The molecular formula is C24H23OP. The van der Waals surface area contributed by atoms with E-state index in [4.69, 9.17) is 0 Å². The molecule has 0 saturated carbocycles. The van der Waals surface area contributed by atoms with Crippen LogP contribution in [0.4, 0.5) is 0 Å². The first kappa shape index (κ1) is 18.3. The topological polar surface area (TPSA) is 17.1 Å². The number of carbonyl (C=O) groups is 1. The highest BCUT2D eigenvalue weighted by Gasteiger charge is 2.42. The van der Waals surface area contributed by atoms with Crippen LogP contribution >= 0.6 is 8.86 Å². The second-order valence-corrected chi connectivity index (χ2v) is 6.96. The smallest absolute Gasteiger partial charge is 0.182 e. The van der Waals surface area contributed by atoms with E-state index in [2.05, 4.69) is 40.1 Å². The summed E-state index contributed by atoms with van der Waals surface area (Å²) in [6, 6.07) is 30.0. The van der Waals surface area contributed by atoms with Crippen LogP contribution in [0, 0.1) is 0 Å². The molecule has 0 saturated heterocycles. The lowest BCUT2D eigenvalue weighted by Crippen LogP contribution is -2.41. The van der Waals surface area contributed by atoms with Gasteiger partial charge in [0, 0.05) is 5.29 Å². The van der Waals surface area contributed by atoms with Crippen molar-refractivity contribution in [3.05, 3.63) is 108 Å². The lowest BCUT2D eigenvalue weighted by Gasteiger charge is -2.34. The monoisotopic (exact) mass is 358 g/mol. The zero-order chi connectivity index (χ0) is 18.4. The molecule has 0 atom stereocenters. The number of rotatable bonds is 7. The highest BCUT2D eigenvalue weighted by Crippen LogP contribution is 2.39. The van der Waals surface area contributed by atoms with Crippen LogP contribution in [0.3, 0.4) is 0 Å². The normalized spacial score (nSPS) is 11.1. The van der Waals surface area contributed by atoms with Crippen LogP contribution in [0.5, 0.6) is 0 Å². The number of ketones is 1. The van der Waals surface area contributed by atoms with E-state index in [9.17, 15) is 4.79 Å². The van der Waals surface area contributed by atoms with Gasteiger partial charge in [0.05, 0.1) is 5.41 Å². The third kappa shape index (κ3) is 3.41. The van der Waals surface area contributed by atoms with E-state index in [1.54, 1.807) is 0 Å². The summed E-state index contributed by atoms with van der Waals surface area (Å²) in [5.74, 6) is 0.0969. The van der Waals surface area contributed by atoms with Crippen molar-refractivity contribution in [2.24, 2.45) is 0 Å². The van der Waals surface area contributed by atoms with E-state index in [0.29, 0.717) is 5.29 Å². The highest BCUT2D eigenvalue weighted by molar-refractivity contribution is 7.27. The summed E-state index contributed by atoms with van der Waals surface area (Å²) in [5, 5.41) is 0.617. The molecule has 0 radical (unpaired) electrons. The molecule has 3 aromatic rings. The molecule has 0 aromatic heterocycles. The van der Waals surface area contributed by atoms with Gasteiger partial charge in [0.1, 0.15) is 0 Å². The molecule has 0 bridgehead atoms. The molecule has 2 heteroatoms. The summed E-state index contributed by atoms with van der Waals surface area (Å²) < 4.78 is 0. The van der Waals surface area contributed by atoms with Gasteiger partial charge in [-0.3, -0.25) is 4.79 Å². The molecule has 0 spiro atoms. The largest absolute Gasteiger partial charge is 0.292 e. The van der Waals surface area contributed by atoms with Gasteiger partial charge in [0.2, 0.25) is 0 Å². The molecule has 0 unspecified atom stereocenters. The molecule has 0 aliphatic carbocycles. The summed E-state index contributed by atoms with van der Waals surface area (Å²) in [7, 11) is 3.68. The van der Waals surface area contributed by atoms with Crippen LogP contribution in [-0.2, 0) is 10.2 Å². The van der Waals surface area contributed by atoms with E-state index >= 15 is 0 Å². The average molecular weight is 358 g/mol. The molecule has 3 aromatic carbocycles. The van der Waals surface area contributed by atoms with Crippen LogP contribution in [0.2, 0.25) is 0 Å². The van der Waals surface area contributed by atoms with Gasteiger partial charge >= 0.3 is 0 Å². The van der Waals surface area contributed by atoms with Crippen LogP contribution in [0.15, 0.2) is 91.0 Å². The molecule has 130 valence electrons. The van der Waals surface area contributed by atoms with Gasteiger partial charge in [-0.1, -0.05) is 104 Å². The number of hydrogen-bond acceptors (Lipinski definition) is 1. The van der Waals surface area contributed by atoms with Crippen molar-refractivity contribution < 1.29 is 4.79 Å². The Morgan fingerprint density at radius 1 is 0.769 bits per heavy atom. The van der Waals surface area contributed by atoms with Gasteiger partial charge in [-0.15, -0.1) is 8.86 Å². The summed E-state index contributed by atoms with van der Waals surface area (Å²) in [6.07, 6.45) is 1.66. The summed E-state index contributed by atoms with van der Waals surface area (Å²) >= 11 is 0. The SMILES string of the molecule is CCCC(C(=O)C(=P)c1ccccc1)(c1ccccc1)c1ccccc1. The fraction of sp³-hybridized carbons (Fsp3) is 0.167. The number of hydrogen-bond donors (Lipinski definition) is 0. The van der Waals surface area contributed by atoms with Gasteiger partial charge in [0.15, 0.2) is 5.78 Å².